The summed E-state index contributed by atoms with van der Waals surface area (Å²) in [5, 5.41) is 0. The maximum Gasteiger partial charge on any atom is 0.258 e. The standard InChI is InChI=1S/C26H28N2O4S/c1-3-27(4-2)33(30,31)23-14-15-25-20(18-23)16-17-28(25)26(29)24-13-9-8-10-21(24)19-32-22-11-6-5-7-12-22/h5-15,18H,3-4,16-17,19H2,1-2H3. The number of anilines is 1. The third-order valence-electron chi connectivity index (χ3n) is 5.92. The van der Waals surface area contributed by atoms with Crippen LogP contribution in [-0.4, -0.2) is 38.3 Å². The third-order valence-corrected chi connectivity index (χ3v) is 7.97. The van der Waals surface area contributed by atoms with Crippen molar-refractivity contribution in [1.29, 1.82) is 0 Å². The Balaban J connectivity index is 1.57. The summed E-state index contributed by atoms with van der Waals surface area (Å²) in [6.07, 6.45) is 0.616. The van der Waals surface area contributed by atoms with Crippen molar-refractivity contribution >= 4 is 21.6 Å². The van der Waals surface area contributed by atoms with Gasteiger partial charge in [-0.05, 0) is 48.4 Å². The second-order valence-electron chi connectivity index (χ2n) is 7.85. The molecule has 0 fully saturated rings. The van der Waals surface area contributed by atoms with Gasteiger partial charge < -0.3 is 9.64 Å². The minimum Gasteiger partial charge on any atom is -0.489 e. The normalized spacial score (nSPS) is 13.2. The first-order chi connectivity index (χ1) is 16.0. The number of hydrogen-bond donors (Lipinski definition) is 0. The summed E-state index contributed by atoms with van der Waals surface area (Å²) in [7, 11) is -3.54. The van der Waals surface area contributed by atoms with Gasteiger partial charge in [-0.15, -0.1) is 0 Å². The highest BCUT2D eigenvalue weighted by Gasteiger charge is 2.29. The predicted molar refractivity (Wildman–Crippen MR) is 129 cm³/mol. The van der Waals surface area contributed by atoms with Crippen LogP contribution in [0.3, 0.4) is 0 Å². The molecule has 0 saturated heterocycles. The number of rotatable bonds is 8. The number of ether oxygens (including phenoxy) is 1. The maximum absolute atomic E-state index is 13.5. The Labute approximate surface area is 195 Å². The molecule has 1 heterocycles. The van der Waals surface area contributed by atoms with Gasteiger partial charge in [-0.2, -0.15) is 4.31 Å². The van der Waals surface area contributed by atoms with Gasteiger partial charge in [0.25, 0.3) is 5.91 Å². The van der Waals surface area contributed by atoms with E-state index in [2.05, 4.69) is 0 Å². The van der Waals surface area contributed by atoms with Gasteiger partial charge in [0.15, 0.2) is 0 Å². The van der Waals surface area contributed by atoms with Gasteiger partial charge >= 0.3 is 0 Å². The van der Waals surface area contributed by atoms with Gasteiger partial charge in [-0.1, -0.05) is 50.2 Å². The SMILES string of the molecule is CCN(CC)S(=O)(=O)c1ccc2c(c1)CCN2C(=O)c1ccccc1COc1ccccc1. The average Bonchev–Trinajstić information content (AvgIpc) is 3.27. The highest BCUT2D eigenvalue weighted by atomic mass is 32.2. The molecule has 0 aromatic heterocycles. The quantitative estimate of drug-likeness (QED) is 0.492. The lowest BCUT2D eigenvalue weighted by atomic mass is 10.1. The molecular formula is C26H28N2O4S. The summed E-state index contributed by atoms with van der Waals surface area (Å²) in [5.41, 5.74) is 3.02. The van der Waals surface area contributed by atoms with E-state index in [4.69, 9.17) is 4.74 Å². The Morgan fingerprint density at radius 3 is 2.39 bits per heavy atom. The zero-order valence-electron chi connectivity index (χ0n) is 18.9. The van der Waals surface area contributed by atoms with E-state index in [-0.39, 0.29) is 17.4 Å². The number of benzene rings is 3. The van der Waals surface area contributed by atoms with E-state index < -0.39 is 10.0 Å². The van der Waals surface area contributed by atoms with Gasteiger partial charge in [-0.3, -0.25) is 4.79 Å². The topological polar surface area (TPSA) is 66.9 Å². The molecule has 3 aromatic carbocycles. The largest absolute Gasteiger partial charge is 0.489 e. The van der Waals surface area contributed by atoms with Crippen LogP contribution in [0.15, 0.2) is 77.7 Å². The smallest absolute Gasteiger partial charge is 0.258 e. The first-order valence-corrected chi connectivity index (χ1v) is 12.6. The Morgan fingerprint density at radius 2 is 1.67 bits per heavy atom. The van der Waals surface area contributed by atoms with Crippen molar-refractivity contribution in [1.82, 2.24) is 4.31 Å². The second-order valence-corrected chi connectivity index (χ2v) is 9.78. The van der Waals surface area contributed by atoms with Crippen LogP contribution in [0, 0.1) is 0 Å². The maximum atomic E-state index is 13.5. The van der Waals surface area contributed by atoms with Gasteiger partial charge in [0.1, 0.15) is 12.4 Å². The molecule has 33 heavy (non-hydrogen) atoms. The van der Waals surface area contributed by atoms with Crippen molar-refractivity contribution in [2.75, 3.05) is 24.5 Å². The summed E-state index contributed by atoms with van der Waals surface area (Å²) in [4.78, 5) is 15.5. The molecule has 0 aliphatic carbocycles. The zero-order valence-corrected chi connectivity index (χ0v) is 19.7. The van der Waals surface area contributed by atoms with Gasteiger partial charge in [0.2, 0.25) is 10.0 Å². The molecule has 172 valence electrons. The fourth-order valence-electron chi connectivity index (χ4n) is 4.14. The number of sulfonamides is 1. The number of fused-ring (bicyclic) bond motifs is 1. The summed E-state index contributed by atoms with van der Waals surface area (Å²) < 4.78 is 33.1. The molecule has 6 nitrogen and oxygen atoms in total. The molecule has 0 radical (unpaired) electrons. The van der Waals surface area contributed by atoms with Crippen LogP contribution in [0.1, 0.15) is 35.3 Å². The van der Waals surface area contributed by atoms with Crippen LogP contribution in [0.2, 0.25) is 0 Å². The molecule has 1 amide bonds. The van der Waals surface area contributed by atoms with E-state index in [1.54, 1.807) is 23.1 Å². The van der Waals surface area contributed by atoms with E-state index in [1.807, 2.05) is 68.4 Å². The molecule has 0 atom stereocenters. The van der Waals surface area contributed by atoms with E-state index in [9.17, 15) is 13.2 Å². The van der Waals surface area contributed by atoms with Crippen LogP contribution in [0.25, 0.3) is 0 Å². The zero-order chi connectivity index (χ0) is 23.4. The van der Waals surface area contributed by atoms with Crippen LogP contribution < -0.4 is 9.64 Å². The summed E-state index contributed by atoms with van der Waals surface area (Å²) >= 11 is 0. The van der Waals surface area contributed by atoms with Crippen molar-refractivity contribution < 1.29 is 17.9 Å². The lowest BCUT2D eigenvalue weighted by Gasteiger charge is -2.21. The van der Waals surface area contributed by atoms with Crippen LogP contribution >= 0.6 is 0 Å². The third kappa shape index (κ3) is 4.65. The summed E-state index contributed by atoms with van der Waals surface area (Å²) in [6, 6.07) is 22.0. The minimum atomic E-state index is -3.54. The molecule has 0 saturated carbocycles. The highest BCUT2D eigenvalue weighted by molar-refractivity contribution is 7.89. The minimum absolute atomic E-state index is 0.111. The lowest BCUT2D eigenvalue weighted by molar-refractivity contribution is 0.0987. The molecule has 4 rings (SSSR count). The van der Waals surface area contributed by atoms with Crippen LogP contribution in [-0.2, 0) is 23.1 Å². The molecule has 0 spiro atoms. The first kappa shape index (κ1) is 23.0. The van der Waals surface area contributed by atoms with Crippen molar-refractivity contribution in [3.8, 4) is 5.75 Å². The van der Waals surface area contributed by atoms with Crippen molar-refractivity contribution in [2.45, 2.75) is 31.8 Å². The lowest BCUT2D eigenvalue weighted by Crippen LogP contribution is -2.31. The van der Waals surface area contributed by atoms with E-state index in [1.165, 1.54) is 4.31 Å². The molecular weight excluding hydrogens is 436 g/mol. The second kappa shape index (κ2) is 9.77. The Morgan fingerprint density at radius 1 is 0.970 bits per heavy atom. The van der Waals surface area contributed by atoms with E-state index >= 15 is 0 Å². The van der Waals surface area contributed by atoms with Gasteiger partial charge in [0.05, 0.1) is 4.90 Å². The summed E-state index contributed by atoms with van der Waals surface area (Å²) in [5.74, 6) is 0.633. The molecule has 1 aliphatic rings. The highest BCUT2D eigenvalue weighted by Crippen LogP contribution is 2.32. The fourth-order valence-corrected chi connectivity index (χ4v) is 5.65. The predicted octanol–water partition coefficient (Wildman–Crippen LogP) is 4.50. The number of hydrogen-bond acceptors (Lipinski definition) is 4. The molecule has 0 bridgehead atoms. The fraction of sp³-hybridized carbons (Fsp3) is 0.269. The molecule has 7 heteroatoms. The number of amides is 1. The Hall–Kier alpha value is -3.16. The van der Waals surface area contributed by atoms with E-state index in [0.29, 0.717) is 31.6 Å². The molecule has 1 aliphatic heterocycles. The Kier molecular flexibility index (Phi) is 6.81. The number of carbonyl (C=O) groups excluding carboxylic acids is 1. The van der Waals surface area contributed by atoms with Gasteiger partial charge in [0, 0.05) is 36.4 Å². The van der Waals surface area contributed by atoms with Crippen molar-refractivity contribution in [2.24, 2.45) is 0 Å². The average molecular weight is 465 g/mol. The van der Waals surface area contributed by atoms with Crippen molar-refractivity contribution in [3.05, 3.63) is 89.5 Å². The molecule has 3 aromatic rings. The van der Waals surface area contributed by atoms with Crippen LogP contribution in [0.4, 0.5) is 5.69 Å². The number of para-hydroxylation sites is 1. The number of nitrogens with zero attached hydrogens (tertiary/aromatic N) is 2. The first-order valence-electron chi connectivity index (χ1n) is 11.2. The summed E-state index contributed by atoms with van der Waals surface area (Å²) in [6.45, 7) is 5.29. The van der Waals surface area contributed by atoms with Crippen LogP contribution in [0.5, 0.6) is 5.75 Å². The molecule has 0 N–H and O–H groups in total. The molecule has 0 unspecified atom stereocenters. The number of carbonyl (C=O) groups is 1. The van der Waals surface area contributed by atoms with E-state index in [0.717, 1.165) is 22.6 Å². The van der Waals surface area contributed by atoms with Crippen molar-refractivity contribution in [3.63, 3.8) is 0 Å². The monoisotopic (exact) mass is 464 g/mol. The Bertz CT molecular complexity index is 1240. The van der Waals surface area contributed by atoms with Gasteiger partial charge in [-0.25, -0.2) is 8.42 Å².